The summed E-state index contributed by atoms with van der Waals surface area (Å²) < 4.78 is 45.9. The molecule has 0 N–H and O–H groups in total. The molecule has 1 rings (SSSR count). The zero-order valence-electron chi connectivity index (χ0n) is 8.68. The quantitative estimate of drug-likeness (QED) is 0.786. The monoisotopic (exact) mass is 268 g/mol. The molecule has 7 heteroatoms. The summed E-state index contributed by atoms with van der Waals surface area (Å²) in [6.45, 7) is -1.64. The maximum Gasteiger partial charge on any atom is 0.387 e. The second kappa shape index (κ2) is 5.77. The third-order valence-electron chi connectivity index (χ3n) is 1.75. The Morgan fingerprint density at radius 1 is 1.47 bits per heavy atom. The third kappa shape index (κ3) is 3.26. The van der Waals surface area contributed by atoms with Crippen molar-refractivity contribution < 1.29 is 27.4 Å². The predicted molar refractivity (Wildman–Crippen MR) is 54.0 cm³/mol. The molecule has 0 aliphatic rings. The smallest absolute Gasteiger partial charge is 0.387 e. The Labute approximate surface area is 100 Å². The maximum absolute atomic E-state index is 13.1. The van der Waals surface area contributed by atoms with Crippen LogP contribution in [0, 0.1) is 5.82 Å². The van der Waals surface area contributed by atoms with Crippen molar-refractivity contribution in [2.75, 3.05) is 6.61 Å². The Morgan fingerprint density at radius 3 is 2.65 bits per heavy atom. The van der Waals surface area contributed by atoms with Crippen LogP contribution >= 0.6 is 11.6 Å². The van der Waals surface area contributed by atoms with Crippen LogP contribution in [0.2, 0.25) is 5.02 Å². The van der Waals surface area contributed by atoms with Crippen molar-refractivity contribution in [2.45, 2.75) is 13.5 Å². The minimum Gasteiger partial charge on any atom is -0.462 e. The molecule has 0 heterocycles. The lowest BCUT2D eigenvalue weighted by atomic mass is 10.2. The first-order valence-corrected chi connectivity index (χ1v) is 4.95. The number of alkyl halides is 2. The minimum atomic E-state index is -3.15. The molecule has 0 aromatic heterocycles. The van der Waals surface area contributed by atoms with Crippen LogP contribution in [-0.4, -0.2) is 19.2 Å². The summed E-state index contributed by atoms with van der Waals surface area (Å²) >= 11 is 5.51. The summed E-state index contributed by atoms with van der Waals surface area (Å²) in [6, 6.07) is 1.71. The molecular formula is C10H8ClF3O3. The van der Waals surface area contributed by atoms with Crippen LogP contribution in [-0.2, 0) is 4.74 Å². The minimum absolute atomic E-state index is 0.000204. The van der Waals surface area contributed by atoms with Gasteiger partial charge in [-0.2, -0.15) is 8.78 Å². The average molecular weight is 269 g/mol. The number of hydrogen-bond donors (Lipinski definition) is 0. The van der Waals surface area contributed by atoms with Gasteiger partial charge in [-0.1, -0.05) is 11.6 Å². The van der Waals surface area contributed by atoms with E-state index in [9.17, 15) is 18.0 Å². The number of halogens is 4. The standard InChI is InChI=1S/C10H8ClF3O3/c1-2-16-9(15)7-6(17-10(13)14)4-3-5(12)8(7)11/h3-4,10H,2H2,1H3. The molecule has 0 amide bonds. The van der Waals surface area contributed by atoms with Crippen molar-refractivity contribution >= 4 is 17.6 Å². The Morgan fingerprint density at radius 2 is 2.12 bits per heavy atom. The molecule has 1 aromatic carbocycles. The lowest BCUT2D eigenvalue weighted by molar-refractivity contribution is -0.0504. The van der Waals surface area contributed by atoms with Gasteiger partial charge < -0.3 is 9.47 Å². The Balaban J connectivity index is 3.21. The van der Waals surface area contributed by atoms with E-state index in [4.69, 9.17) is 11.6 Å². The summed E-state index contributed by atoms with van der Waals surface area (Å²) in [5.74, 6) is -2.46. The SMILES string of the molecule is CCOC(=O)c1c(OC(F)F)ccc(F)c1Cl. The zero-order chi connectivity index (χ0) is 13.0. The normalized spacial score (nSPS) is 10.5. The number of benzene rings is 1. The Bertz CT molecular complexity index is 424. The van der Waals surface area contributed by atoms with Crippen molar-refractivity contribution in [3.8, 4) is 5.75 Å². The number of esters is 1. The lowest BCUT2D eigenvalue weighted by Crippen LogP contribution is -2.12. The van der Waals surface area contributed by atoms with Gasteiger partial charge in [0, 0.05) is 0 Å². The van der Waals surface area contributed by atoms with Gasteiger partial charge in [0.05, 0.1) is 11.6 Å². The third-order valence-corrected chi connectivity index (χ3v) is 2.12. The van der Waals surface area contributed by atoms with Crippen molar-refractivity contribution in [1.29, 1.82) is 0 Å². The fourth-order valence-electron chi connectivity index (χ4n) is 1.12. The van der Waals surface area contributed by atoms with Gasteiger partial charge in [0.2, 0.25) is 0 Å². The molecule has 0 saturated carbocycles. The molecule has 1 aromatic rings. The first-order valence-electron chi connectivity index (χ1n) is 4.57. The molecule has 94 valence electrons. The molecule has 0 saturated heterocycles. The van der Waals surface area contributed by atoms with Gasteiger partial charge in [0.25, 0.3) is 0 Å². The van der Waals surface area contributed by atoms with Gasteiger partial charge in [-0.25, -0.2) is 9.18 Å². The number of carbonyl (C=O) groups excluding carboxylic acids is 1. The number of carbonyl (C=O) groups is 1. The predicted octanol–water partition coefficient (Wildman–Crippen LogP) is 3.26. The highest BCUT2D eigenvalue weighted by Crippen LogP contribution is 2.30. The molecule has 0 spiro atoms. The first-order chi connectivity index (χ1) is 7.97. The highest BCUT2D eigenvalue weighted by Gasteiger charge is 2.23. The van der Waals surface area contributed by atoms with Crippen LogP contribution < -0.4 is 4.74 Å². The number of rotatable bonds is 4. The van der Waals surface area contributed by atoms with E-state index < -0.39 is 34.7 Å². The van der Waals surface area contributed by atoms with Crippen LogP contribution in [0.25, 0.3) is 0 Å². The van der Waals surface area contributed by atoms with Gasteiger partial charge >= 0.3 is 12.6 Å². The highest BCUT2D eigenvalue weighted by atomic mass is 35.5. The van der Waals surface area contributed by atoms with E-state index in [-0.39, 0.29) is 6.61 Å². The van der Waals surface area contributed by atoms with Gasteiger partial charge in [0.1, 0.15) is 17.1 Å². The van der Waals surface area contributed by atoms with Gasteiger partial charge in [-0.05, 0) is 19.1 Å². The van der Waals surface area contributed by atoms with Crippen molar-refractivity contribution in [3.05, 3.63) is 28.5 Å². The maximum atomic E-state index is 13.1. The highest BCUT2D eigenvalue weighted by molar-refractivity contribution is 6.34. The van der Waals surface area contributed by atoms with Crippen LogP contribution in [0.15, 0.2) is 12.1 Å². The summed E-state index contributed by atoms with van der Waals surface area (Å²) in [5.41, 5.74) is -0.547. The molecule has 0 bridgehead atoms. The molecule has 0 unspecified atom stereocenters. The van der Waals surface area contributed by atoms with Gasteiger partial charge in [-0.3, -0.25) is 0 Å². The van der Waals surface area contributed by atoms with E-state index in [0.29, 0.717) is 0 Å². The molecule has 0 atom stereocenters. The lowest BCUT2D eigenvalue weighted by Gasteiger charge is -2.11. The molecule has 0 fully saturated rings. The zero-order valence-corrected chi connectivity index (χ0v) is 9.43. The van der Waals surface area contributed by atoms with E-state index in [1.54, 1.807) is 0 Å². The fraction of sp³-hybridized carbons (Fsp3) is 0.300. The molecular weight excluding hydrogens is 261 g/mol. The molecule has 17 heavy (non-hydrogen) atoms. The van der Waals surface area contributed by atoms with E-state index in [1.807, 2.05) is 0 Å². The largest absolute Gasteiger partial charge is 0.462 e. The number of hydrogen-bond acceptors (Lipinski definition) is 3. The van der Waals surface area contributed by atoms with Crippen LogP contribution in [0.3, 0.4) is 0 Å². The summed E-state index contributed by atoms with van der Waals surface area (Å²) in [4.78, 5) is 11.4. The molecule has 0 aliphatic carbocycles. The van der Waals surface area contributed by atoms with Gasteiger partial charge in [-0.15, -0.1) is 0 Å². The van der Waals surface area contributed by atoms with Crippen LogP contribution in [0.4, 0.5) is 13.2 Å². The Kier molecular flexibility index (Phi) is 4.62. The van der Waals surface area contributed by atoms with E-state index >= 15 is 0 Å². The topological polar surface area (TPSA) is 35.5 Å². The summed E-state index contributed by atoms with van der Waals surface area (Å²) in [5, 5.41) is -0.610. The summed E-state index contributed by atoms with van der Waals surface area (Å²) in [6.07, 6.45) is 0. The summed E-state index contributed by atoms with van der Waals surface area (Å²) in [7, 11) is 0. The molecule has 0 aliphatic heterocycles. The van der Waals surface area contributed by atoms with Crippen molar-refractivity contribution in [1.82, 2.24) is 0 Å². The second-order valence-corrected chi connectivity index (χ2v) is 3.21. The van der Waals surface area contributed by atoms with E-state index in [0.717, 1.165) is 12.1 Å². The van der Waals surface area contributed by atoms with Crippen LogP contribution in [0.1, 0.15) is 17.3 Å². The van der Waals surface area contributed by atoms with Crippen molar-refractivity contribution in [3.63, 3.8) is 0 Å². The van der Waals surface area contributed by atoms with E-state index in [1.165, 1.54) is 6.92 Å². The first kappa shape index (κ1) is 13.6. The van der Waals surface area contributed by atoms with Gasteiger partial charge in [0.15, 0.2) is 0 Å². The average Bonchev–Trinajstić information content (AvgIpc) is 2.23. The van der Waals surface area contributed by atoms with Crippen molar-refractivity contribution in [2.24, 2.45) is 0 Å². The molecule has 3 nitrogen and oxygen atoms in total. The van der Waals surface area contributed by atoms with E-state index in [2.05, 4.69) is 9.47 Å². The molecule has 0 radical (unpaired) electrons. The second-order valence-electron chi connectivity index (χ2n) is 2.83. The number of ether oxygens (including phenoxy) is 2. The Hall–Kier alpha value is -1.43. The van der Waals surface area contributed by atoms with Crippen LogP contribution in [0.5, 0.6) is 5.75 Å². The fourth-order valence-corrected chi connectivity index (χ4v) is 1.35.